The van der Waals surface area contributed by atoms with Crippen molar-refractivity contribution in [3.8, 4) is 0 Å². The summed E-state index contributed by atoms with van der Waals surface area (Å²) in [5.41, 5.74) is 0. The van der Waals surface area contributed by atoms with E-state index < -0.39 is 0 Å². The largest absolute Gasteiger partial charge is 0.313 e. The molecule has 2 unspecified atom stereocenters. The molecule has 1 aromatic heterocycles. The van der Waals surface area contributed by atoms with Gasteiger partial charge in [0.2, 0.25) is 0 Å². The summed E-state index contributed by atoms with van der Waals surface area (Å²) < 4.78 is 0. The van der Waals surface area contributed by atoms with Gasteiger partial charge in [0.05, 0.1) is 0 Å². The highest BCUT2D eigenvalue weighted by molar-refractivity contribution is 8.00. The van der Waals surface area contributed by atoms with Gasteiger partial charge in [-0.1, -0.05) is 19.4 Å². The maximum absolute atomic E-state index is 3.76. The van der Waals surface area contributed by atoms with Crippen molar-refractivity contribution in [1.29, 1.82) is 0 Å². The average molecular weight is 269 g/mol. The van der Waals surface area contributed by atoms with E-state index in [4.69, 9.17) is 0 Å². The Balaban J connectivity index is 1.91. The Morgan fingerprint density at radius 1 is 1.47 bits per heavy atom. The average Bonchev–Trinajstić information content (AvgIpc) is 2.88. The fraction of sp³-hybridized carbons (Fsp3) is 0.714. The van der Waals surface area contributed by atoms with E-state index in [1.54, 1.807) is 0 Å². The van der Waals surface area contributed by atoms with Crippen LogP contribution < -0.4 is 5.32 Å². The molecule has 0 bridgehead atoms. The summed E-state index contributed by atoms with van der Waals surface area (Å²) in [5, 5.41) is 6.79. The Morgan fingerprint density at radius 3 is 3.06 bits per heavy atom. The van der Waals surface area contributed by atoms with Crippen LogP contribution >= 0.6 is 23.1 Å². The van der Waals surface area contributed by atoms with Gasteiger partial charge in [0.1, 0.15) is 0 Å². The molecule has 0 aromatic carbocycles. The highest BCUT2D eigenvalue weighted by Crippen LogP contribution is 2.29. The van der Waals surface area contributed by atoms with Gasteiger partial charge in [0, 0.05) is 16.2 Å². The van der Waals surface area contributed by atoms with Gasteiger partial charge in [-0.05, 0) is 49.4 Å². The maximum Gasteiger partial charge on any atom is 0.0234 e. The van der Waals surface area contributed by atoms with E-state index in [0.717, 1.165) is 11.8 Å². The minimum absolute atomic E-state index is 0.680. The zero-order chi connectivity index (χ0) is 11.9. The molecule has 3 heteroatoms. The van der Waals surface area contributed by atoms with Crippen LogP contribution in [0.1, 0.15) is 37.5 Å². The number of nitrogens with one attached hydrogen (secondary N) is 1. The lowest BCUT2D eigenvalue weighted by atomic mass is 10.0. The van der Waals surface area contributed by atoms with Crippen LogP contribution in [0, 0.1) is 0 Å². The standard InChI is InChI=1S/C14H23NS2/c1-2-8-15-13(11-12-6-5-10-16-12)14-7-3-4-9-17-14/h5-6,10,13-15H,2-4,7-9,11H2,1H3. The molecule has 1 aromatic rings. The molecule has 1 aliphatic heterocycles. The summed E-state index contributed by atoms with van der Waals surface area (Å²) in [4.78, 5) is 1.53. The van der Waals surface area contributed by atoms with Crippen molar-refractivity contribution >= 4 is 23.1 Å². The van der Waals surface area contributed by atoms with E-state index in [9.17, 15) is 0 Å². The molecule has 2 heterocycles. The summed E-state index contributed by atoms with van der Waals surface area (Å²) in [7, 11) is 0. The lowest BCUT2D eigenvalue weighted by Gasteiger charge is -2.30. The first-order chi connectivity index (χ1) is 8.40. The Morgan fingerprint density at radius 2 is 2.41 bits per heavy atom. The number of hydrogen-bond acceptors (Lipinski definition) is 3. The first-order valence-corrected chi connectivity index (χ1v) is 8.70. The SMILES string of the molecule is CCCNC(Cc1cccs1)C1CCCCS1. The highest BCUT2D eigenvalue weighted by atomic mass is 32.2. The molecule has 1 saturated heterocycles. The summed E-state index contributed by atoms with van der Waals surface area (Å²) in [6.45, 7) is 3.41. The van der Waals surface area contributed by atoms with E-state index in [0.29, 0.717) is 6.04 Å². The predicted molar refractivity (Wildman–Crippen MR) is 80.2 cm³/mol. The smallest absolute Gasteiger partial charge is 0.0234 e. The molecular weight excluding hydrogens is 246 g/mol. The van der Waals surface area contributed by atoms with E-state index in [1.807, 2.05) is 11.3 Å². The van der Waals surface area contributed by atoms with Crippen molar-refractivity contribution < 1.29 is 0 Å². The molecule has 0 aliphatic carbocycles. The van der Waals surface area contributed by atoms with Crippen LogP contribution in [-0.4, -0.2) is 23.6 Å². The van der Waals surface area contributed by atoms with Gasteiger partial charge in [-0.25, -0.2) is 0 Å². The first-order valence-electron chi connectivity index (χ1n) is 6.77. The molecule has 17 heavy (non-hydrogen) atoms. The molecule has 0 spiro atoms. The summed E-state index contributed by atoms with van der Waals surface area (Å²) in [5.74, 6) is 1.36. The number of rotatable bonds is 6. The van der Waals surface area contributed by atoms with Crippen LogP contribution in [0.5, 0.6) is 0 Å². The molecule has 2 rings (SSSR count). The molecule has 1 fully saturated rings. The van der Waals surface area contributed by atoms with E-state index in [2.05, 4.69) is 41.5 Å². The van der Waals surface area contributed by atoms with Crippen molar-refractivity contribution in [3.05, 3.63) is 22.4 Å². The third-order valence-corrected chi connectivity index (χ3v) is 5.74. The fourth-order valence-corrected chi connectivity index (χ4v) is 4.59. The van der Waals surface area contributed by atoms with Crippen molar-refractivity contribution in [3.63, 3.8) is 0 Å². The quantitative estimate of drug-likeness (QED) is 0.839. The third-order valence-electron chi connectivity index (χ3n) is 3.32. The molecule has 0 amide bonds. The van der Waals surface area contributed by atoms with Gasteiger partial charge in [0.15, 0.2) is 0 Å². The van der Waals surface area contributed by atoms with Crippen LogP contribution in [-0.2, 0) is 6.42 Å². The normalized spacial score (nSPS) is 22.5. The monoisotopic (exact) mass is 269 g/mol. The number of thiophene rings is 1. The van der Waals surface area contributed by atoms with Crippen LogP contribution in [0.2, 0.25) is 0 Å². The van der Waals surface area contributed by atoms with Crippen LogP contribution in [0.4, 0.5) is 0 Å². The number of thioether (sulfide) groups is 1. The summed E-state index contributed by atoms with van der Waals surface area (Å²) in [6.07, 6.45) is 6.69. The Kier molecular flexibility index (Phi) is 5.89. The van der Waals surface area contributed by atoms with E-state index in [-0.39, 0.29) is 0 Å². The van der Waals surface area contributed by atoms with Crippen molar-refractivity contribution in [1.82, 2.24) is 5.32 Å². The van der Waals surface area contributed by atoms with E-state index >= 15 is 0 Å². The topological polar surface area (TPSA) is 12.0 Å². The van der Waals surface area contributed by atoms with Crippen molar-refractivity contribution in [2.24, 2.45) is 0 Å². The predicted octanol–water partition coefficient (Wildman–Crippen LogP) is 3.94. The summed E-state index contributed by atoms with van der Waals surface area (Å²) >= 11 is 4.09. The van der Waals surface area contributed by atoms with Gasteiger partial charge in [0.25, 0.3) is 0 Å². The first kappa shape index (κ1) is 13.4. The second-order valence-corrected chi connectivity index (χ2v) is 7.13. The molecular formula is C14H23NS2. The zero-order valence-corrected chi connectivity index (χ0v) is 12.3. The lowest BCUT2D eigenvalue weighted by molar-refractivity contribution is 0.463. The Hall–Kier alpha value is 0.01000. The molecule has 1 aliphatic rings. The molecule has 96 valence electrons. The Bertz CT molecular complexity index is 291. The highest BCUT2D eigenvalue weighted by Gasteiger charge is 2.24. The molecule has 2 atom stereocenters. The van der Waals surface area contributed by atoms with Crippen LogP contribution in [0.25, 0.3) is 0 Å². The van der Waals surface area contributed by atoms with Gasteiger partial charge < -0.3 is 5.32 Å². The Labute approximate surface area is 113 Å². The minimum Gasteiger partial charge on any atom is -0.313 e. The van der Waals surface area contributed by atoms with Crippen LogP contribution in [0.3, 0.4) is 0 Å². The van der Waals surface area contributed by atoms with Crippen molar-refractivity contribution in [2.45, 2.75) is 50.3 Å². The molecule has 0 radical (unpaired) electrons. The van der Waals surface area contributed by atoms with Gasteiger partial charge >= 0.3 is 0 Å². The maximum atomic E-state index is 3.76. The number of hydrogen-bond donors (Lipinski definition) is 1. The van der Waals surface area contributed by atoms with Gasteiger partial charge in [-0.3, -0.25) is 0 Å². The van der Waals surface area contributed by atoms with Gasteiger partial charge in [-0.2, -0.15) is 11.8 Å². The minimum atomic E-state index is 0.680. The third kappa shape index (κ3) is 4.31. The van der Waals surface area contributed by atoms with E-state index in [1.165, 1.54) is 42.7 Å². The second-order valence-electron chi connectivity index (χ2n) is 4.75. The van der Waals surface area contributed by atoms with Crippen molar-refractivity contribution in [2.75, 3.05) is 12.3 Å². The summed E-state index contributed by atoms with van der Waals surface area (Å²) in [6, 6.07) is 5.13. The molecule has 1 N–H and O–H groups in total. The lowest BCUT2D eigenvalue weighted by Crippen LogP contribution is -2.41. The van der Waals surface area contributed by atoms with Gasteiger partial charge in [-0.15, -0.1) is 11.3 Å². The molecule has 0 saturated carbocycles. The zero-order valence-electron chi connectivity index (χ0n) is 10.7. The molecule has 1 nitrogen and oxygen atoms in total. The second kappa shape index (κ2) is 7.45. The van der Waals surface area contributed by atoms with Crippen LogP contribution in [0.15, 0.2) is 17.5 Å². The fourth-order valence-electron chi connectivity index (χ4n) is 2.39.